The van der Waals surface area contributed by atoms with Crippen LogP contribution in [0, 0.1) is 5.41 Å². The number of urea groups is 1. The Morgan fingerprint density at radius 2 is 1.48 bits per heavy atom. The second-order valence-corrected chi connectivity index (χ2v) is 7.24. The molecule has 0 radical (unpaired) electrons. The maximum absolute atomic E-state index is 13.5. The molecule has 1 atom stereocenters. The minimum absolute atomic E-state index is 0.426. The Hall–Kier alpha value is -2.90. The molecular formula is C19H24N2O6. The summed E-state index contributed by atoms with van der Waals surface area (Å²) in [6.45, 7) is 4.45. The first-order chi connectivity index (χ1) is 12.6. The molecule has 0 aromatic heterocycles. The lowest BCUT2D eigenvalue weighted by molar-refractivity contribution is -0.150. The van der Waals surface area contributed by atoms with E-state index in [2.05, 4.69) is 4.74 Å². The largest absolute Gasteiger partial charge is 0.468 e. The third-order valence-electron chi connectivity index (χ3n) is 4.73. The molecule has 0 bridgehead atoms. The molecule has 1 fully saturated rings. The van der Waals surface area contributed by atoms with Crippen LogP contribution in [-0.4, -0.2) is 61.0 Å². The van der Waals surface area contributed by atoms with Gasteiger partial charge in [-0.2, -0.15) is 0 Å². The SMILES string of the molecule is COC(=O)CN1C(=O)N(CC(=O)OC)C(c2ccccc2)(C(C)(C)C)C1=O. The van der Waals surface area contributed by atoms with Gasteiger partial charge in [0.15, 0.2) is 5.54 Å². The fourth-order valence-electron chi connectivity index (χ4n) is 3.52. The molecular weight excluding hydrogens is 352 g/mol. The number of nitrogens with zero attached hydrogens (tertiary/aromatic N) is 2. The van der Waals surface area contributed by atoms with Crippen molar-refractivity contribution in [3.8, 4) is 0 Å². The Morgan fingerprint density at radius 3 is 1.96 bits per heavy atom. The van der Waals surface area contributed by atoms with Gasteiger partial charge in [-0.25, -0.2) is 4.79 Å². The number of carbonyl (C=O) groups excluding carboxylic acids is 4. The number of esters is 2. The van der Waals surface area contributed by atoms with Crippen molar-refractivity contribution in [1.82, 2.24) is 9.80 Å². The van der Waals surface area contributed by atoms with Crippen molar-refractivity contribution in [3.63, 3.8) is 0 Å². The molecule has 0 N–H and O–H groups in total. The van der Waals surface area contributed by atoms with Crippen LogP contribution in [0.25, 0.3) is 0 Å². The summed E-state index contributed by atoms with van der Waals surface area (Å²) >= 11 is 0. The lowest BCUT2D eigenvalue weighted by Gasteiger charge is -2.45. The number of imide groups is 1. The van der Waals surface area contributed by atoms with E-state index >= 15 is 0 Å². The molecule has 1 aliphatic rings. The van der Waals surface area contributed by atoms with Crippen LogP contribution in [0.1, 0.15) is 26.3 Å². The molecule has 3 amide bonds. The fraction of sp³-hybridized carbons (Fsp3) is 0.474. The first-order valence-corrected chi connectivity index (χ1v) is 8.44. The van der Waals surface area contributed by atoms with Gasteiger partial charge in [0, 0.05) is 0 Å². The van der Waals surface area contributed by atoms with Gasteiger partial charge in [-0.15, -0.1) is 0 Å². The third kappa shape index (κ3) is 3.27. The van der Waals surface area contributed by atoms with Gasteiger partial charge in [0.2, 0.25) is 0 Å². The molecule has 0 aliphatic carbocycles. The number of hydrogen-bond donors (Lipinski definition) is 0. The quantitative estimate of drug-likeness (QED) is 0.572. The summed E-state index contributed by atoms with van der Waals surface area (Å²) in [6.07, 6.45) is 0. The Labute approximate surface area is 158 Å². The molecule has 8 heteroatoms. The van der Waals surface area contributed by atoms with Crippen LogP contribution in [0.2, 0.25) is 0 Å². The van der Waals surface area contributed by atoms with Gasteiger partial charge in [0.05, 0.1) is 14.2 Å². The zero-order valence-corrected chi connectivity index (χ0v) is 16.1. The van der Waals surface area contributed by atoms with Crippen molar-refractivity contribution < 1.29 is 28.7 Å². The van der Waals surface area contributed by atoms with E-state index in [0.29, 0.717) is 5.56 Å². The second-order valence-electron chi connectivity index (χ2n) is 7.24. The Balaban J connectivity index is 2.71. The first-order valence-electron chi connectivity index (χ1n) is 8.44. The van der Waals surface area contributed by atoms with E-state index < -0.39 is 47.9 Å². The normalized spacial score (nSPS) is 20.0. The van der Waals surface area contributed by atoms with Crippen LogP contribution in [0.3, 0.4) is 0 Å². The molecule has 1 saturated heterocycles. The molecule has 1 unspecified atom stereocenters. The van der Waals surface area contributed by atoms with Crippen molar-refractivity contribution in [2.75, 3.05) is 27.3 Å². The van der Waals surface area contributed by atoms with Gasteiger partial charge < -0.3 is 9.47 Å². The van der Waals surface area contributed by atoms with Crippen LogP contribution < -0.4 is 0 Å². The first kappa shape index (κ1) is 20.4. The highest BCUT2D eigenvalue weighted by molar-refractivity contribution is 6.10. The van der Waals surface area contributed by atoms with Crippen molar-refractivity contribution in [3.05, 3.63) is 35.9 Å². The molecule has 8 nitrogen and oxygen atoms in total. The summed E-state index contributed by atoms with van der Waals surface area (Å²) in [5.41, 5.74) is -1.72. The number of hydrogen-bond acceptors (Lipinski definition) is 6. The standard InChI is InChI=1S/C19H24N2O6/c1-18(2,3)19(13-9-7-6-8-10-13)16(24)20(11-14(22)26-4)17(25)21(19)12-15(23)27-5/h6-10H,11-12H2,1-5H3. The molecule has 0 spiro atoms. The predicted octanol–water partition coefficient (Wildman–Crippen LogP) is 1.54. The van der Waals surface area contributed by atoms with E-state index in [1.54, 1.807) is 51.1 Å². The fourth-order valence-corrected chi connectivity index (χ4v) is 3.52. The van der Waals surface area contributed by atoms with Crippen LogP contribution in [0.15, 0.2) is 30.3 Å². The van der Waals surface area contributed by atoms with Crippen molar-refractivity contribution >= 4 is 23.9 Å². The number of methoxy groups -OCH3 is 2. The highest BCUT2D eigenvalue weighted by Crippen LogP contribution is 2.49. The van der Waals surface area contributed by atoms with E-state index in [1.807, 2.05) is 0 Å². The number of ether oxygens (including phenoxy) is 2. The van der Waals surface area contributed by atoms with Crippen LogP contribution in [0.4, 0.5) is 4.79 Å². The average molecular weight is 376 g/mol. The zero-order valence-electron chi connectivity index (χ0n) is 16.1. The number of rotatable bonds is 5. The smallest absolute Gasteiger partial charge is 0.329 e. The predicted molar refractivity (Wildman–Crippen MR) is 95.4 cm³/mol. The monoisotopic (exact) mass is 376 g/mol. The molecule has 0 saturated carbocycles. The minimum atomic E-state index is -1.48. The van der Waals surface area contributed by atoms with Crippen LogP contribution in [-0.2, 0) is 29.4 Å². The van der Waals surface area contributed by atoms with Gasteiger partial charge in [-0.1, -0.05) is 51.1 Å². The van der Waals surface area contributed by atoms with Gasteiger partial charge in [0.25, 0.3) is 5.91 Å². The minimum Gasteiger partial charge on any atom is -0.468 e. The van der Waals surface area contributed by atoms with E-state index in [9.17, 15) is 19.2 Å². The average Bonchev–Trinajstić information content (AvgIpc) is 2.84. The van der Waals surface area contributed by atoms with Crippen molar-refractivity contribution in [2.24, 2.45) is 5.41 Å². The van der Waals surface area contributed by atoms with Gasteiger partial charge in [0.1, 0.15) is 13.1 Å². The highest BCUT2D eigenvalue weighted by atomic mass is 16.5. The zero-order chi connectivity index (χ0) is 20.4. The second kappa shape index (κ2) is 7.38. The van der Waals surface area contributed by atoms with Gasteiger partial charge in [-0.3, -0.25) is 24.2 Å². The van der Waals surface area contributed by atoms with E-state index in [4.69, 9.17) is 4.74 Å². The van der Waals surface area contributed by atoms with Gasteiger partial charge >= 0.3 is 18.0 Å². The Kier molecular flexibility index (Phi) is 5.58. The molecule has 1 aromatic rings. The van der Waals surface area contributed by atoms with Gasteiger partial charge in [-0.05, 0) is 11.0 Å². The van der Waals surface area contributed by atoms with E-state index in [0.717, 1.165) is 4.90 Å². The summed E-state index contributed by atoms with van der Waals surface area (Å²) in [7, 11) is 2.38. The molecule has 1 aliphatic heterocycles. The van der Waals surface area contributed by atoms with E-state index in [1.165, 1.54) is 19.1 Å². The third-order valence-corrected chi connectivity index (χ3v) is 4.73. The lowest BCUT2D eigenvalue weighted by Crippen LogP contribution is -2.57. The van der Waals surface area contributed by atoms with Crippen LogP contribution >= 0.6 is 0 Å². The Bertz CT molecular complexity index is 755. The summed E-state index contributed by atoms with van der Waals surface area (Å²) in [5, 5.41) is 0. The molecule has 1 aromatic carbocycles. The van der Waals surface area contributed by atoms with Crippen LogP contribution in [0.5, 0.6) is 0 Å². The van der Waals surface area contributed by atoms with E-state index in [-0.39, 0.29) is 0 Å². The topological polar surface area (TPSA) is 93.2 Å². The molecule has 146 valence electrons. The number of benzene rings is 1. The number of carbonyl (C=O) groups is 4. The maximum Gasteiger partial charge on any atom is 0.329 e. The molecule has 1 heterocycles. The molecule has 2 rings (SSSR count). The highest BCUT2D eigenvalue weighted by Gasteiger charge is 2.64. The molecule has 27 heavy (non-hydrogen) atoms. The Morgan fingerprint density at radius 1 is 0.963 bits per heavy atom. The number of amides is 3. The van der Waals surface area contributed by atoms with Crippen molar-refractivity contribution in [1.29, 1.82) is 0 Å². The summed E-state index contributed by atoms with van der Waals surface area (Å²) in [4.78, 5) is 52.4. The summed E-state index contributed by atoms with van der Waals surface area (Å²) in [5.74, 6) is -1.98. The maximum atomic E-state index is 13.5. The van der Waals surface area contributed by atoms with Crippen molar-refractivity contribution in [2.45, 2.75) is 26.3 Å². The summed E-state index contributed by atoms with van der Waals surface area (Å²) in [6, 6.07) is 8.00. The lowest BCUT2D eigenvalue weighted by atomic mass is 9.68. The summed E-state index contributed by atoms with van der Waals surface area (Å²) < 4.78 is 9.33.